The smallest absolute Gasteiger partial charge is 0.0711 e. The van der Waals surface area contributed by atoms with E-state index in [1.165, 1.54) is 24.8 Å². The molecule has 0 aromatic rings. The van der Waals surface area contributed by atoms with E-state index in [1.807, 2.05) is 0 Å². The fourth-order valence-corrected chi connectivity index (χ4v) is 3.31. The number of hydrogen-bond donors (Lipinski definition) is 1. The Morgan fingerprint density at radius 1 is 1.31 bits per heavy atom. The number of fused-ring (bicyclic) bond motifs is 2. The topological polar surface area (TPSA) is 23.5 Å². The van der Waals surface area contributed by atoms with Gasteiger partial charge in [0.05, 0.1) is 5.60 Å². The van der Waals surface area contributed by atoms with Crippen LogP contribution in [0.4, 0.5) is 0 Å². The normalized spacial score (nSPS) is 39.5. The zero-order valence-electron chi connectivity index (χ0n) is 10.9. The average Bonchev–Trinajstić information content (AvgIpc) is 2.18. The third-order valence-corrected chi connectivity index (χ3v) is 4.35. The first-order chi connectivity index (χ1) is 7.50. The molecular formula is C14H25NO. The van der Waals surface area contributed by atoms with Gasteiger partial charge >= 0.3 is 0 Å². The highest BCUT2D eigenvalue weighted by molar-refractivity contribution is 5.04. The maximum Gasteiger partial charge on any atom is 0.0711 e. The Morgan fingerprint density at radius 3 is 2.38 bits per heavy atom. The van der Waals surface area contributed by atoms with Crippen LogP contribution in [0.15, 0.2) is 11.6 Å². The van der Waals surface area contributed by atoms with Gasteiger partial charge in [0.2, 0.25) is 0 Å². The van der Waals surface area contributed by atoms with E-state index in [-0.39, 0.29) is 0 Å². The van der Waals surface area contributed by atoms with Crippen molar-refractivity contribution in [2.45, 2.75) is 70.1 Å². The second-order valence-electron chi connectivity index (χ2n) is 6.02. The summed E-state index contributed by atoms with van der Waals surface area (Å²) in [5, 5.41) is 10.7. The summed E-state index contributed by atoms with van der Waals surface area (Å²) in [6, 6.07) is 1.23. The van der Waals surface area contributed by atoms with Crippen LogP contribution < -0.4 is 0 Å². The largest absolute Gasteiger partial charge is 0.389 e. The predicted molar refractivity (Wildman–Crippen MR) is 67.4 cm³/mol. The van der Waals surface area contributed by atoms with Crippen LogP contribution in [-0.2, 0) is 0 Å². The molecule has 2 atom stereocenters. The molecule has 1 N–H and O–H groups in total. The fourth-order valence-electron chi connectivity index (χ4n) is 3.31. The maximum absolute atomic E-state index is 10.7. The quantitative estimate of drug-likeness (QED) is 0.728. The second kappa shape index (κ2) is 4.50. The van der Waals surface area contributed by atoms with E-state index in [0.717, 1.165) is 19.3 Å². The van der Waals surface area contributed by atoms with Crippen molar-refractivity contribution in [3.8, 4) is 0 Å². The van der Waals surface area contributed by atoms with Gasteiger partial charge in [0, 0.05) is 12.1 Å². The molecule has 2 heteroatoms. The molecule has 92 valence electrons. The number of nitrogens with zero attached hydrogens (tertiary/aromatic N) is 1. The molecule has 0 amide bonds. The number of hydrogen-bond acceptors (Lipinski definition) is 2. The lowest BCUT2D eigenvalue weighted by molar-refractivity contribution is -0.0806. The second-order valence-corrected chi connectivity index (χ2v) is 6.02. The van der Waals surface area contributed by atoms with Crippen molar-refractivity contribution >= 4 is 0 Å². The summed E-state index contributed by atoms with van der Waals surface area (Å²) in [5.41, 5.74) is 0.886. The summed E-state index contributed by atoms with van der Waals surface area (Å²) in [5.74, 6) is 0. The highest BCUT2D eigenvalue weighted by Gasteiger charge is 2.43. The van der Waals surface area contributed by atoms with Crippen molar-refractivity contribution in [2.75, 3.05) is 7.05 Å². The molecule has 0 saturated carbocycles. The monoisotopic (exact) mass is 223 g/mol. The molecule has 2 rings (SSSR count). The Kier molecular flexibility index (Phi) is 3.41. The minimum absolute atomic E-state index is 0.431. The van der Waals surface area contributed by atoms with E-state index in [9.17, 15) is 5.11 Å². The highest BCUT2D eigenvalue weighted by Crippen LogP contribution is 2.39. The molecule has 2 aliphatic heterocycles. The van der Waals surface area contributed by atoms with Crippen LogP contribution in [0.3, 0.4) is 0 Å². The van der Waals surface area contributed by atoms with Crippen molar-refractivity contribution in [1.82, 2.24) is 4.90 Å². The molecule has 0 spiro atoms. The van der Waals surface area contributed by atoms with Gasteiger partial charge in [0.15, 0.2) is 0 Å². The molecule has 0 aromatic heterocycles. The summed E-state index contributed by atoms with van der Waals surface area (Å²) in [6.07, 6.45) is 8.84. The number of allylic oxidation sites excluding steroid dienone is 1. The third-order valence-electron chi connectivity index (χ3n) is 4.35. The molecule has 0 aliphatic carbocycles. The molecule has 2 bridgehead atoms. The standard InChI is InChI=1S/C14H25NO/c1-11(2)7-8-14(16)9-12-5-4-6-13(10-14)15(12)3/h7,12-13,16H,4-6,8-10H2,1-3H3. The van der Waals surface area contributed by atoms with Crippen molar-refractivity contribution in [3.05, 3.63) is 11.6 Å². The first-order valence-corrected chi connectivity index (χ1v) is 6.58. The number of piperidine rings is 2. The third kappa shape index (κ3) is 2.49. The summed E-state index contributed by atoms with van der Waals surface area (Å²) >= 11 is 0. The average molecular weight is 223 g/mol. The SMILES string of the molecule is CC(C)=CCC1(O)CC2CCCC(C1)N2C. The van der Waals surface area contributed by atoms with Gasteiger partial charge in [-0.2, -0.15) is 0 Å². The summed E-state index contributed by atoms with van der Waals surface area (Å²) in [6.45, 7) is 4.22. The molecule has 2 saturated heterocycles. The number of rotatable bonds is 2. The van der Waals surface area contributed by atoms with Crippen LogP contribution in [0.25, 0.3) is 0 Å². The first-order valence-electron chi connectivity index (χ1n) is 6.58. The summed E-state index contributed by atoms with van der Waals surface area (Å²) < 4.78 is 0. The zero-order valence-corrected chi connectivity index (χ0v) is 10.9. The zero-order chi connectivity index (χ0) is 11.8. The van der Waals surface area contributed by atoms with E-state index < -0.39 is 5.60 Å². The molecule has 2 unspecified atom stereocenters. The van der Waals surface area contributed by atoms with E-state index in [4.69, 9.17) is 0 Å². The minimum Gasteiger partial charge on any atom is -0.389 e. The van der Waals surface area contributed by atoms with Gasteiger partial charge in [0.1, 0.15) is 0 Å². The Morgan fingerprint density at radius 2 is 1.88 bits per heavy atom. The van der Waals surface area contributed by atoms with Gasteiger partial charge in [-0.15, -0.1) is 0 Å². The lowest BCUT2D eigenvalue weighted by Crippen LogP contribution is -2.56. The molecule has 2 heterocycles. The van der Waals surface area contributed by atoms with Crippen LogP contribution in [-0.4, -0.2) is 34.7 Å². The lowest BCUT2D eigenvalue weighted by Gasteiger charge is -2.50. The van der Waals surface area contributed by atoms with Crippen molar-refractivity contribution in [2.24, 2.45) is 0 Å². The van der Waals surface area contributed by atoms with Crippen molar-refractivity contribution < 1.29 is 5.11 Å². The van der Waals surface area contributed by atoms with Crippen molar-refractivity contribution in [1.29, 1.82) is 0 Å². The van der Waals surface area contributed by atoms with E-state index >= 15 is 0 Å². The van der Waals surface area contributed by atoms with E-state index in [2.05, 4.69) is 31.9 Å². The maximum atomic E-state index is 10.7. The van der Waals surface area contributed by atoms with Gasteiger partial charge in [-0.3, -0.25) is 0 Å². The van der Waals surface area contributed by atoms with Crippen LogP contribution in [0, 0.1) is 0 Å². The highest BCUT2D eigenvalue weighted by atomic mass is 16.3. The molecule has 0 aromatic carbocycles. The van der Waals surface area contributed by atoms with Crippen LogP contribution >= 0.6 is 0 Å². The molecule has 0 radical (unpaired) electrons. The van der Waals surface area contributed by atoms with E-state index in [1.54, 1.807) is 0 Å². The van der Waals surface area contributed by atoms with Gasteiger partial charge < -0.3 is 10.0 Å². The van der Waals surface area contributed by atoms with Gasteiger partial charge in [-0.05, 0) is 53.0 Å². The minimum atomic E-state index is -0.431. The predicted octanol–water partition coefficient (Wildman–Crippen LogP) is 2.72. The Bertz CT molecular complexity index is 266. The molecule has 2 nitrogen and oxygen atoms in total. The van der Waals surface area contributed by atoms with Crippen molar-refractivity contribution in [3.63, 3.8) is 0 Å². The molecular weight excluding hydrogens is 198 g/mol. The molecule has 16 heavy (non-hydrogen) atoms. The Hall–Kier alpha value is -0.340. The van der Waals surface area contributed by atoms with Crippen LogP contribution in [0.5, 0.6) is 0 Å². The first kappa shape index (κ1) is 12.1. The molecule has 2 aliphatic rings. The fraction of sp³-hybridized carbons (Fsp3) is 0.857. The van der Waals surface area contributed by atoms with Gasteiger partial charge in [-0.1, -0.05) is 18.1 Å². The number of aliphatic hydroxyl groups is 1. The Labute approximate surface area is 99.3 Å². The Balaban J connectivity index is 2.05. The molecule has 2 fully saturated rings. The van der Waals surface area contributed by atoms with E-state index in [0.29, 0.717) is 12.1 Å². The summed E-state index contributed by atoms with van der Waals surface area (Å²) in [4.78, 5) is 2.50. The van der Waals surface area contributed by atoms with Crippen LogP contribution in [0.1, 0.15) is 52.4 Å². The van der Waals surface area contributed by atoms with Crippen LogP contribution in [0.2, 0.25) is 0 Å². The van der Waals surface area contributed by atoms with Gasteiger partial charge in [0.25, 0.3) is 0 Å². The lowest BCUT2D eigenvalue weighted by atomic mass is 9.74. The summed E-state index contributed by atoms with van der Waals surface area (Å²) in [7, 11) is 2.23. The van der Waals surface area contributed by atoms with Gasteiger partial charge in [-0.25, -0.2) is 0 Å².